The van der Waals surface area contributed by atoms with Gasteiger partial charge in [-0.15, -0.1) is 11.3 Å². The molecule has 0 bridgehead atoms. The second kappa shape index (κ2) is 5.49. The average Bonchev–Trinajstić information content (AvgIpc) is 2.75. The Hall–Kier alpha value is -1.40. The van der Waals surface area contributed by atoms with E-state index in [0.717, 1.165) is 10.7 Å². The topological polar surface area (TPSA) is 53.9 Å². The van der Waals surface area contributed by atoms with Crippen LogP contribution in [-0.4, -0.2) is 29.0 Å². The van der Waals surface area contributed by atoms with E-state index in [1.807, 2.05) is 24.3 Å². The van der Waals surface area contributed by atoms with Gasteiger partial charge in [0, 0.05) is 19.5 Å². The number of halogens is 1. The predicted octanol–water partition coefficient (Wildman–Crippen LogP) is 2.57. The fraction of sp³-hybridized carbons (Fsp3) is 0.364. The van der Waals surface area contributed by atoms with E-state index in [2.05, 4.69) is 20.3 Å². The highest BCUT2D eigenvalue weighted by Crippen LogP contribution is 2.24. The van der Waals surface area contributed by atoms with Crippen molar-refractivity contribution >= 4 is 34.7 Å². The van der Waals surface area contributed by atoms with Crippen LogP contribution in [0.2, 0.25) is 5.02 Å². The van der Waals surface area contributed by atoms with Crippen LogP contribution in [-0.2, 0) is 6.54 Å². The molecule has 5 nitrogen and oxygen atoms in total. The Morgan fingerprint density at radius 3 is 2.83 bits per heavy atom. The number of rotatable bonds is 4. The molecule has 0 saturated carbocycles. The van der Waals surface area contributed by atoms with Crippen LogP contribution in [0.3, 0.4) is 0 Å². The molecule has 0 radical (unpaired) electrons. The molecule has 2 rings (SSSR count). The van der Waals surface area contributed by atoms with E-state index in [0.29, 0.717) is 23.3 Å². The van der Waals surface area contributed by atoms with Crippen molar-refractivity contribution in [3.05, 3.63) is 27.3 Å². The van der Waals surface area contributed by atoms with Crippen LogP contribution in [0.25, 0.3) is 0 Å². The van der Waals surface area contributed by atoms with Crippen molar-refractivity contribution in [2.75, 3.05) is 24.3 Å². The van der Waals surface area contributed by atoms with Gasteiger partial charge in [-0.1, -0.05) is 11.6 Å². The minimum atomic E-state index is 0.531. The molecule has 0 amide bonds. The van der Waals surface area contributed by atoms with Crippen LogP contribution in [0, 0.1) is 6.92 Å². The van der Waals surface area contributed by atoms with Crippen LogP contribution in [0.5, 0.6) is 0 Å². The summed E-state index contributed by atoms with van der Waals surface area (Å²) in [7, 11) is 3.71. The van der Waals surface area contributed by atoms with E-state index in [1.165, 1.54) is 0 Å². The van der Waals surface area contributed by atoms with Crippen molar-refractivity contribution in [2.24, 2.45) is 0 Å². The van der Waals surface area contributed by atoms with Gasteiger partial charge in [-0.2, -0.15) is 4.98 Å². The van der Waals surface area contributed by atoms with Gasteiger partial charge in [0.25, 0.3) is 0 Å². The number of hydrogen-bond donors (Lipinski definition) is 1. The highest BCUT2D eigenvalue weighted by Gasteiger charge is 2.11. The van der Waals surface area contributed by atoms with E-state index in [9.17, 15) is 0 Å². The molecule has 0 unspecified atom stereocenters. The van der Waals surface area contributed by atoms with Crippen molar-refractivity contribution in [1.29, 1.82) is 0 Å². The van der Waals surface area contributed by atoms with E-state index in [1.54, 1.807) is 24.6 Å². The van der Waals surface area contributed by atoms with E-state index in [-0.39, 0.29) is 0 Å². The second-order valence-corrected chi connectivity index (χ2v) is 5.30. The Kier molecular flexibility index (Phi) is 3.98. The van der Waals surface area contributed by atoms with Crippen LogP contribution in [0.1, 0.15) is 10.7 Å². The molecule has 0 atom stereocenters. The summed E-state index contributed by atoms with van der Waals surface area (Å²) in [5.74, 6) is 1.25. The minimum Gasteiger partial charge on any atom is -0.357 e. The van der Waals surface area contributed by atoms with Crippen molar-refractivity contribution in [1.82, 2.24) is 15.0 Å². The van der Waals surface area contributed by atoms with Gasteiger partial charge in [0.2, 0.25) is 5.95 Å². The maximum atomic E-state index is 6.11. The Morgan fingerprint density at radius 2 is 2.22 bits per heavy atom. The normalized spacial score (nSPS) is 10.4. The summed E-state index contributed by atoms with van der Waals surface area (Å²) < 4.78 is 0. The second-order valence-electron chi connectivity index (χ2n) is 3.83. The molecule has 0 saturated heterocycles. The van der Waals surface area contributed by atoms with Gasteiger partial charge in [0.15, 0.2) is 5.82 Å². The van der Waals surface area contributed by atoms with Crippen LogP contribution in [0.15, 0.2) is 11.6 Å². The van der Waals surface area contributed by atoms with Gasteiger partial charge in [-0.25, -0.2) is 9.97 Å². The lowest BCUT2D eigenvalue weighted by atomic mass is 10.4. The van der Waals surface area contributed by atoms with Crippen molar-refractivity contribution < 1.29 is 0 Å². The third-order valence-corrected chi connectivity index (χ3v) is 3.47. The molecule has 0 aliphatic rings. The summed E-state index contributed by atoms with van der Waals surface area (Å²) in [5.41, 5.74) is 1.01. The number of anilines is 2. The maximum Gasteiger partial charge on any atom is 0.224 e. The highest BCUT2D eigenvalue weighted by molar-refractivity contribution is 7.09. The van der Waals surface area contributed by atoms with Gasteiger partial charge in [-0.3, -0.25) is 0 Å². The first-order valence-electron chi connectivity index (χ1n) is 5.42. The maximum absolute atomic E-state index is 6.11. The molecular formula is C11H14ClN5S. The molecule has 2 heterocycles. The molecule has 18 heavy (non-hydrogen) atoms. The SMILES string of the molecule is CNc1ncc(Cl)c(N(C)Cc2csc(C)n2)n1. The summed E-state index contributed by atoms with van der Waals surface area (Å²) in [5, 5.41) is 6.53. The number of hydrogen-bond acceptors (Lipinski definition) is 6. The zero-order valence-corrected chi connectivity index (χ0v) is 12.0. The van der Waals surface area contributed by atoms with Gasteiger partial charge in [0.1, 0.15) is 5.02 Å². The first kappa shape index (κ1) is 13.0. The van der Waals surface area contributed by atoms with Crippen LogP contribution >= 0.6 is 22.9 Å². The highest BCUT2D eigenvalue weighted by atomic mass is 35.5. The molecule has 96 valence electrons. The third-order valence-electron chi connectivity index (χ3n) is 2.38. The number of aryl methyl sites for hydroxylation is 1. The van der Waals surface area contributed by atoms with Crippen molar-refractivity contribution in [3.8, 4) is 0 Å². The molecule has 0 aromatic carbocycles. The first-order valence-corrected chi connectivity index (χ1v) is 6.68. The lowest BCUT2D eigenvalue weighted by Gasteiger charge is -2.18. The monoisotopic (exact) mass is 283 g/mol. The van der Waals surface area contributed by atoms with Gasteiger partial charge in [0.05, 0.1) is 23.4 Å². The summed E-state index contributed by atoms with van der Waals surface area (Å²) in [6.07, 6.45) is 1.60. The van der Waals surface area contributed by atoms with Gasteiger partial charge >= 0.3 is 0 Å². The third kappa shape index (κ3) is 2.88. The number of aromatic nitrogens is 3. The number of thiazole rings is 1. The standard InChI is InChI=1S/C11H14ClN5S/c1-7-15-8(6-18-7)5-17(3)10-9(12)4-14-11(13-2)16-10/h4,6H,5H2,1-3H3,(H,13,14,16). The summed E-state index contributed by atoms with van der Waals surface area (Å²) in [4.78, 5) is 14.8. The molecular weight excluding hydrogens is 270 g/mol. The predicted molar refractivity (Wildman–Crippen MR) is 75.5 cm³/mol. The van der Waals surface area contributed by atoms with Gasteiger partial charge in [-0.05, 0) is 6.92 Å². The number of nitrogens with zero attached hydrogens (tertiary/aromatic N) is 4. The molecule has 0 aliphatic carbocycles. The zero-order valence-electron chi connectivity index (χ0n) is 10.4. The number of nitrogens with one attached hydrogen (secondary N) is 1. The molecule has 0 spiro atoms. The Balaban J connectivity index is 2.20. The Labute approximate surface area is 115 Å². The molecule has 0 aliphatic heterocycles. The zero-order chi connectivity index (χ0) is 13.1. The Bertz CT molecular complexity index is 542. The van der Waals surface area contributed by atoms with Crippen molar-refractivity contribution in [3.63, 3.8) is 0 Å². The smallest absolute Gasteiger partial charge is 0.224 e. The minimum absolute atomic E-state index is 0.531. The summed E-state index contributed by atoms with van der Waals surface area (Å²) >= 11 is 7.74. The first-order chi connectivity index (χ1) is 8.60. The summed E-state index contributed by atoms with van der Waals surface area (Å²) in [6.45, 7) is 2.66. The molecule has 2 aromatic heterocycles. The Morgan fingerprint density at radius 1 is 1.44 bits per heavy atom. The quantitative estimate of drug-likeness (QED) is 0.935. The molecule has 1 N–H and O–H groups in total. The summed E-state index contributed by atoms with van der Waals surface area (Å²) in [6, 6.07) is 0. The van der Waals surface area contributed by atoms with E-state index < -0.39 is 0 Å². The fourth-order valence-electron chi connectivity index (χ4n) is 1.55. The van der Waals surface area contributed by atoms with Crippen LogP contribution in [0.4, 0.5) is 11.8 Å². The van der Waals surface area contributed by atoms with Gasteiger partial charge < -0.3 is 10.2 Å². The van der Waals surface area contributed by atoms with Crippen LogP contribution < -0.4 is 10.2 Å². The average molecular weight is 284 g/mol. The fourth-order valence-corrected chi connectivity index (χ4v) is 2.38. The largest absolute Gasteiger partial charge is 0.357 e. The van der Waals surface area contributed by atoms with Crippen molar-refractivity contribution in [2.45, 2.75) is 13.5 Å². The van der Waals surface area contributed by atoms with E-state index >= 15 is 0 Å². The lowest BCUT2D eigenvalue weighted by Crippen LogP contribution is -2.19. The lowest BCUT2D eigenvalue weighted by molar-refractivity contribution is 0.866. The molecule has 7 heteroatoms. The molecule has 0 fully saturated rings. The molecule has 2 aromatic rings. The van der Waals surface area contributed by atoms with E-state index in [4.69, 9.17) is 11.6 Å².